The number of aromatic nitrogens is 4. The molecule has 0 saturated carbocycles. The Bertz CT molecular complexity index is 961. The number of carbonyl (C=O) groups excluding carboxylic acids is 3. The van der Waals surface area contributed by atoms with E-state index in [-0.39, 0.29) is 12.8 Å². The van der Waals surface area contributed by atoms with Crippen molar-refractivity contribution >= 4 is 29.7 Å². The predicted octanol–water partition coefficient (Wildman–Crippen LogP) is -3.11. The summed E-state index contributed by atoms with van der Waals surface area (Å²) in [6.45, 7) is -0.477. The number of nitrogens with two attached hydrogens (primary N) is 1. The van der Waals surface area contributed by atoms with E-state index in [1.807, 2.05) is 0 Å². The largest absolute Gasteiger partial charge is 0.481 e. The van der Waals surface area contributed by atoms with Gasteiger partial charge < -0.3 is 41.9 Å². The van der Waals surface area contributed by atoms with E-state index in [1.54, 1.807) is 0 Å². The first-order chi connectivity index (χ1) is 15.7. The van der Waals surface area contributed by atoms with E-state index in [0.29, 0.717) is 11.4 Å². The maximum absolute atomic E-state index is 12.9. The quantitative estimate of drug-likeness (QED) is 0.148. The van der Waals surface area contributed by atoms with E-state index in [0.717, 1.165) is 0 Å². The number of amides is 3. The van der Waals surface area contributed by atoms with Gasteiger partial charge in [0.1, 0.15) is 18.1 Å². The minimum Gasteiger partial charge on any atom is -0.481 e. The van der Waals surface area contributed by atoms with E-state index < -0.39 is 60.8 Å². The minimum absolute atomic E-state index is 0.0972. The summed E-state index contributed by atoms with van der Waals surface area (Å²) in [6.07, 6.45) is 4.54. The molecule has 0 bridgehead atoms. The van der Waals surface area contributed by atoms with Crippen LogP contribution in [0.4, 0.5) is 0 Å². The molecule has 3 amide bonds. The van der Waals surface area contributed by atoms with Crippen LogP contribution in [-0.4, -0.2) is 84.5 Å². The van der Waals surface area contributed by atoms with Crippen molar-refractivity contribution < 1.29 is 34.2 Å². The third-order valence-corrected chi connectivity index (χ3v) is 4.42. The summed E-state index contributed by atoms with van der Waals surface area (Å²) in [5.74, 6) is -5.25. The Kier molecular flexibility index (Phi) is 9.05. The number of aliphatic carboxylic acids is 2. The molecule has 15 nitrogen and oxygen atoms in total. The monoisotopic (exact) mass is 464 g/mol. The van der Waals surface area contributed by atoms with E-state index in [2.05, 4.69) is 35.9 Å². The second-order valence-corrected chi connectivity index (χ2v) is 6.94. The molecule has 9 N–H and O–H groups in total. The molecule has 33 heavy (non-hydrogen) atoms. The highest BCUT2D eigenvalue weighted by atomic mass is 16.4. The van der Waals surface area contributed by atoms with Crippen molar-refractivity contribution in [3.05, 3.63) is 36.4 Å². The van der Waals surface area contributed by atoms with Gasteiger partial charge in [0.05, 0.1) is 25.6 Å². The summed E-state index contributed by atoms with van der Waals surface area (Å²) in [6, 6.07) is -4.16. The second kappa shape index (κ2) is 11.9. The number of carboxylic acids is 2. The van der Waals surface area contributed by atoms with Crippen molar-refractivity contribution in [1.82, 2.24) is 35.9 Å². The fourth-order valence-corrected chi connectivity index (χ4v) is 2.82. The van der Waals surface area contributed by atoms with Gasteiger partial charge >= 0.3 is 11.9 Å². The lowest BCUT2D eigenvalue weighted by atomic mass is 10.1. The first kappa shape index (κ1) is 25.0. The molecule has 0 aliphatic rings. The molecular formula is C18H24N8O7. The van der Waals surface area contributed by atoms with Crippen LogP contribution in [0, 0.1) is 0 Å². The maximum atomic E-state index is 12.9. The summed E-state index contributed by atoms with van der Waals surface area (Å²) in [5, 5.41) is 25.4. The van der Waals surface area contributed by atoms with E-state index >= 15 is 0 Å². The predicted molar refractivity (Wildman–Crippen MR) is 109 cm³/mol. The molecule has 0 aliphatic heterocycles. The van der Waals surface area contributed by atoms with E-state index in [1.165, 1.54) is 25.0 Å². The Hall–Kier alpha value is -4.27. The fraction of sp³-hybridized carbons (Fsp3) is 0.389. The molecule has 178 valence electrons. The van der Waals surface area contributed by atoms with Crippen LogP contribution < -0.4 is 21.7 Å². The molecule has 0 aliphatic carbocycles. The molecule has 15 heteroatoms. The van der Waals surface area contributed by atoms with Crippen molar-refractivity contribution in [1.29, 1.82) is 0 Å². The van der Waals surface area contributed by atoms with Gasteiger partial charge in [-0.1, -0.05) is 0 Å². The Morgan fingerprint density at radius 2 is 1.36 bits per heavy atom. The van der Waals surface area contributed by atoms with Gasteiger partial charge in [-0.25, -0.2) is 14.8 Å². The molecule has 3 atom stereocenters. The van der Waals surface area contributed by atoms with E-state index in [4.69, 9.17) is 10.8 Å². The fourth-order valence-electron chi connectivity index (χ4n) is 2.82. The first-order valence-electron chi connectivity index (χ1n) is 9.68. The first-order valence-corrected chi connectivity index (χ1v) is 9.68. The lowest BCUT2D eigenvalue weighted by molar-refractivity contribution is -0.143. The van der Waals surface area contributed by atoms with Gasteiger partial charge in [0.25, 0.3) is 0 Å². The second-order valence-electron chi connectivity index (χ2n) is 6.94. The number of nitrogens with zero attached hydrogens (tertiary/aromatic N) is 2. The number of rotatable bonds is 13. The molecule has 0 saturated heterocycles. The summed E-state index contributed by atoms with van der Waals surface area (Å²) in [5.41, 5.74) is 6.10. The van der Waals surface area contributed by atoms with Gasteiger partial charge in [0, 0.05) is 36.6 Å². The molecule has 2 aromatic heterocycles. The molecule has 0 aromatic carbocycles. The minimum atomic E-state index is -1.50. The highest BCUT2D eigenvalue weighted by molar-refractivity contribution is 5.95. The number of carboxylic acid groups (broad SMARTS) is 2. The number of imidazole rings is 2. The van der Waals surface area contributed by atoms with Crippen LogP contribution in [0.15, 0.2) is 25.0 Å². The van der Waals surface area contributed by atoms with Crippen LogP contribution in [0.3, 0.4) is 0 Å². The Morgan fingerprint density at radius 1 is 0.848 bits per heavy atom. The number of aromatic amines is 2. The van der Waals surface area contributed by atoms with E-state index in [9.17, 15) is 29.1 Å². The molecule has 3 unspecified atom stereocenters. The van der Waals surface area contributed by atoms with Crippen LogP contribution in [0.2, 0.25) is 0 Å². The molecule has 2 rings (SSSR count). The molecule has 0 spiro atoms. The zero-order chi connectivity index (χ0) is 24.4. The van der Waals surface area contributed by atoms with Crippen molar-refractivity contribution in [2.24, 2.45) is 5.73 Å². The van der Waals surface area contributed by atoms with Gasteiger partial charge in [0.2, 0.25) is 17.7 Å². The summed E-state index contributed by atoms with van der Waals surface area (Å²) in [7, 11) is 0. The molecular weight excluding hydrogens is 440 g/mol. The molecule has 2 heterocycles. The normalized spacial score (nSPS) is 13.4. The Labute approximate surface area is 186 Å². The summed E-state index contributed by atoms with van der Waals surface area (Å²) >= 11 is 0. The van der Waals surface area contributed by atoms with Crippen molar-refractivity contribution in [3.8, 4) is 0 Å². The van der Waals surface area contributed by atoms with Gasteiger partial charge in [0.15, 0.2) is 0 Å². The van der Waals surface area contributed by atoms with Crippen LogP contribution in [0.5, 0.6) is 0 Å². The number of hydrogen-bond acceptors (Lipinski definition) is 8. The number of hydrogen-bond donors (Lipinski definition) is 8. The third kappa shape index (κ3) is 8.06. The van der Waals surface area contributed by atoms with Crippen molar-refractivity contribution in [2.75, 3.05) is 6.54 Å². The number of H-pyrrole nitrogens is 2. The van der Waals surface area contributed by atoms with Crippen LogP contribution in [0.25, 0.3) is 0 Å². The third-order valence-electron chi connectivity index (χ3n) is 4.42. The zero-order valence-electron chi connectivity index (χ0n) is 17.3. The lowest BCUT2D eigenvalue weighted by Gasteiger charge is -2.23. The lowest BCUT2D eigenvalue weighted by Crippen LogP contribution is -2.57. The zero-order valence-corrected chi connectivity index (χ0v) is 17.3. The van der Waals surface area contributed by atoms with Crippen LogP contribution in [-0.2, 0) is 36.8 Å². The van der Waals surface area contributed by atoms with Gasteiger partial charge in [-0.3, -0.25) is 19.2 Å². The van der Waals surface area contributed by atoms with Gasteiger partial charge in [-0.2, -0.15) is 0 Å². The Balaban J connectivity index is 2.18. The number of nitrogens with one attached hydrogen (secondary N) is 5. The topological polar surface area (TPSA) is 245 Å². The van der Waals surface area contributed by atoms with Gasteiger partial charge in [-0.15, -0.1) is 0 Å². The summed E-state index contributed by atoms with van der Waals surface area (Å²) < 4.78 is 0. The van der Waals surface area contributed by atoms with Crippen LogP contribution in [0.1, 0.15) is 17.8 Å². The van der Waals surface area contributed by atoms with Crippen molar-refractivity contribution in [2.45, 2.75) is 37.4 Å². The maximum Gasteiger partial charge on any atom is 0.326 e. The summed E-state index contributed by atoms with van der Waals surface area (Å²) in [4.78, 5) is 73.0. The smallest absolute Gasteiger partial charge is 0.326 e. The van der Waals surface area contributed by atoms with Crippen LogP contribution >= 0.6 is 0 Å². The Morgan fingerprint density at radius 3 is 1.82 bits per heavy atom. The molecule has 0 fully saturated rings. The van der Waals surface area contributed by atoms with Gasteiger partial charge in [-0.05, 0) is 0 Å². The van der Waals surface area contributed by atoms with Crippen molar-refractivity contribution in [3.63, 3.8) is 0 Å². The highest BCUT2D eigenvalue weighted by Gasteiger charge is 2.31. The highest BCUT2D eigenvalue weighted by Crippen LogP contribution is 2.04. The molecule has 2 aromatic rings. The SMILES string of the molecule is NCC(=O)NC(CC(=O)O)C(=O)NC(Cc1cnc[nH]1)C(=O)NC(Cc1cnc[nH]1)C(=O)O. The standard InChI is InChI=1S/C18H24N8O7/c19-4-14(27)24-12(3-15(28)29)17(31)25-11(1-9-5-20-7-22-9)16(30)26-13(18(32)33)2-10-6-21-8-23-10/h5-8,11-13H,1-4,19H2,(H,20,22)(H,21,23)(H,24,27)(H,25,31)(H,26,30)(H,28,29)(H,32,33). The average Bonchev–Trinajstić information content (AvgIpc) is 3.45. The molecule has 0 radical (unpaired) electrons. The average molecular weight is 464 g/mol. The number of carbonyl (C=O) groups is 5.